The molecule has 11 nitrogen and oxygen atoms in total. The lowest BCUT2D eigenvalue weighted by atomic mass is 10.1. The van der Waals surface area contributed by atoms with Gasteiger partial charge in [0.05, 0.1) is 36.5 Å². The van der Waals surface area contributed by atoms with Crippen molar-refractivity contribution in [1.29, 1.82) is 0 Å². The zero-order valence-electron chi connectivity index (χ0n) is 19.2. The number of alkyl carbamates (subject to hydrolysis) is 1. The summed E-state index contributed by atoms with van der Waals surface area (Å²) in [6.45, 7) is 3.95. The van der Waals surface area contributed by atoms with Gasteiger partial charge in [0.25, 0.3) is 0 Å². The minimum Gasteiger partial charge on any atom is -0.441 e. The first-order valence-corrected chi connectivity index (χ1v) is 11.3. The highest BCUT2D eigenvalue weighted by atomic mass is 19.1. The Balaban J connectivity index is 1.32. The van der Waals surface area contributed by atoms with Gasteiger partial charge >= 0.3 is 6.09 Å². The Morgan fingerprint density at radius 2 is 2.21 bits per heavy atom. The van der Waals surface area contributed by atoms with E-state index >= 15 is 0 Å². The fraction of sp³-hybridized carbons (Fsp3) is 0.545. The number of carbonyl (C=O) groups excluding carboxylic acids is 1. The van der Waals surface area contributed by atoms with E-state index in [2.05, 4.69) is 25.9 Å². The van der Waals surface area contributed by atoms with Gasteiger partial charge < -0.3 is 24.8 Å². The highest BCUT2D eigenvalue weighted by Gasteiger charge is 2.42. The predicted molar refractivity (Wildman–Crippen MR) is 120 cm³/mol. The second-order valence-corrected chi connectivity index (χ2v) is 8.96. The van der Waals surface area contributed by atoms with E-state index in [4.69, 9.17) is 19.2 Å². The summed E-state index contributed by atoms with van der Waals surface area (Å²) in [5.41, 5.74) is 2.97. The van der Waals surface area contributed by atoms with Crippen LogP contribution in [0.15, 0.2) is 18.3 Å². The van der Waals surface area contributed by atoms with Crippen LogP contribution in [0.3, 0.4) is 0 Å². The van der Waals surface area contributed by atoms with Crippen molar-refractivity contribution in [1.82, 2.24) is 30.1 Å². The lowest BCUT2D eigenvalue weighted by molar-refractivity contribution is 0.0615. The van der Waals surface area contributed by atoms with Crippen molar-refractivity contribution >= 4 is 23.2 Å². The van der Waals surface area contributed by atoms with Gasteiger partial charge in [-0.3, -0.25) is 5.10 Å². The van der Waals surface area contributed by atoms with Crippen LogP contribution in [-0.2, 0) is 20.8 Å². The summed E-state index contributed by atoms with van der Waals surface area (Å²) in [4.78, 5) is 16.6. The second-order valence-electron chi connectivity index (χ2n) is 8.96. The van der Waals surface area contributed by atoms with E-state index in [1.165, 1.54) is 0 Å². The van der Waals surface area contributed by atoms with Crippen molar-refractivity contribution in [3.05, 3.63) is 35.4 Å². The maximum atomic E-state index is 15.0. The fourth-order valence-electron chi connectivity index (χ4n) is 3.96. The first-order chi connectivity index (χ1) is 16.4. The molecule has 1 aliphatic heterocycles. The highest BCUT2D eigenvalue weighted by molar-refractivity contribution is 5.73. The summed E-state index contributed by atoms with van der Waals surface area (Å²) in [6, 6.07) is 3.47. The molecule has 0 aromatic carbocycles. The molecular weight excluding hydrogens is 445 g/mol. The molecule has 4 heterocycles. The van der Waals surface area contributed by atoms with E-state index in [0.717, 1.165) is 29.7 Å². The van der Waals surface area contributed by atoms with Gasteiger partial charge in [-0.15, -0.1) is 0 Å². The number of aromatic nitrogens is 5. The molecule has 0 unspecified atom stereocenters. The molecule has 2 fully saturated rings. The molecule has 1 aliphatic carbocycles. The molecule has 182 valence electrons. The number of carbonyl (C=O) groups is 1. The van der Waals surface area contributed by atoms with Gasteiger partial charge in [0.15, 0.2) is 23.9 Å². The molecular formula is C22H28FN7O4. The number of halogens is 1. The number of amides is 1. The van der Waals surface area contributed by atoms with E-state index in [1.807, 2.05) is 12.3 Å². The standard InChI is InChI=1S/C22H28FN7O4/c1-11(2)24-22(31)34-17-10-33-20(19(17)23)14-7-18(28-27-14)26-21-16-6-13(9-32-3)29-30(16)8-15(25-21)12-4-5-12/h6-8,11-12,17,19-20H,4-5,9-10H2,1-3H3,(H,24,31)(H2,25,26,27,28)/t17-,19+,20-/m1/s1. The Morgan fingerprint density at radius 1 is 1.38 bits per heavy atom. The van der Waals surface area contributed by atoms with E-state index in [0.29, 0.717) is 29.9 Å². The maximum absolute atomic E-state index is 15.0. The number of nitrogens with one attached hydrogen (secondary N) is 3. The highest BCUT2D eigenvalue weighted by Crippen LogP contribution is 2.40. The second kappa shape index (κ2) is 9.18. The zero-order chi connectivity index (χ0) is 23.8. The summed E-state index contributed by atoms with van der Waals surface area (Å²) < 4.78 is 32.7. The smallest absolute Gasteiger partial charge is 0.407 e. The molecule has 1 amide bonds. The van der Waals surface area contributed by atoms with Gasteiger partial charge in [-0.05, 0) is 32.8 Å². The van der Waals surface area contributed by atoms with Crippen LogP contribution in [0.2, 0.25) is 0 Å². The number of hydrogen-bond acceptors (Lipinski definition) is 8. The number of methoxy groups -OCH3 is 1. The van der Waals surface area contributed by atoms with Crippen molar-refractivity contribution in [2.45, 2.75) is 63.6 Å². The molecule has 5 rings (SSSR count). The topological polar surface area (TPSA) is 128 Å². The molecule has 3 atom stereocenters. The monoisotopic (exact) mass is 473 g/mol. The third kappa shape index (κ3) is 4.68. The lowest BCUT2D eigenvalue weighted by Crippen LogP contribution is -2.36. The number of fused-ring (bicyclic) bond motifs is 1. The van der Waals surface area contributed by atoms with Crippen LogP contribution in [0.1, 0.15) is 55.8 Å². The number of ether oxygens (including phenoxy) is 3. The molecule has 2 aliphatic rings. The molecule has 3 aromatic rings. The fourth-order valence-corrected chi connectivity index (χ4v) is 3.96. The Hall–Kier alpha value is -3.25. The zero-order valence-corrected chi connectivity index (χ0v) is 19.2. The minimum atomic E-state index is -1.53. The quantitative estimate of drug-likeness (QED) is 0.455. The summed E-state index contributed by atoms with van der Waals surface area (Å²) >= 11 is 0. The number of rotatable bonds is 8. The van der Waals surface area contributed by atoms with Crippen molar-refractivity contribution in [3.8, 4) is 0 Å². The van der Waals surface area contributed by atoms with E-state index in [1.54, 1.807) is 31.5 Å². The predicted octanol–water partition coefficient (Wildman–Crippen LogP) is 3.13. The first kappa shape index (κ1) is 22.5. The van der Waals surface area contributed by atoms with Crippen LogP contribution in [-0.4, -0.2) is 62.9 Å². The van der Waals surface area contributed by atoms with E-state index < -0.39 is 24.5 Å². The third-order valence-corrected chi connectivity index (χ3v) is 5.71. The number of anilines is 2. The molecule has 0 radical (unpaired) electrons. The summed E-state index contributed by atoms with van der Waals surface area (Å²) in [7, 11) is 1.62. The van der Waals surface area contributed by atoms with Gasteiger partial charge in [0, 0.05) is 25.1 Å². The Bertz CT molecular complexity index is 1180. The maximum Gasteiger partial charge on any atom is 0.407 e. The van der Waals surface area contributed by atoms with E-state index in [9.17, 15) is 9.18 Å². The normalized spacial score (nSPS) is 22.4. The van der Waals surface area contributed by atoms with Crippen molar-refractivity contribution in [2.75, 3.05) is 19.0 Å². The molecule has 0 spiro atoms. The van der Waals surface area contributed by atoms with Gasteiger partial charge in [0.1, 0.15) is 11.6 Å². The molecule has 1 saturated carbocycles. The molecule has 3 N–H and O–H groups in total. The first-order valence-electron chi connectivity index (χ1n) is 11.3. The van der Waals surface area contributed by atoms with Crippen molar-refractivity contribution in [3.63, 3.8) is 0 Å². The van der Waals surface area contributed by atoms with Gasteiger partial charge in [-0.2, -0.15) is 10.2 Å². The average Bonchev–Trinajstić information content (AvgIpc) is 3.24. The largest absolute Gasteiger partial charge is 0.441 e. The average molecular weight is 474 g/mol. The van der Waals surface area contributed by atoms with Gasteiger partial charge in [0.2, 0.25) is 0 Å². The van der Waals surface area contributed by atoms with Gasteiger partial charge in [-0.25, -0.2) is 18.7 Å². The lowest BCUT2D eigenvalue weighted by Gasteiger charge is -2.16. The van der Waals surface area contributed by atoms with Crippen LogP contribution in [0, 0.1) is 0 Å². The molecule has 0 bridgehead atoms. The Labute approximate surface area is 195 Å². The van der Waals surface area contributed by atoms with Gasteiger partial charge in [-0.1, -0.05) is 0 Å². The summed E-state index contributed by atoms with van der Waals surface area (Å²) in [5, 5.41) is 17.5. The molecule has 1 saturated heterocycles. The van der Waals surface area contributed by atoms with Crippen molar-refractivity contribution < 1.29 is 23.4 Å². The summed E-state index contributed by atoms with van der Waals surface area (Å²) in [5.74, 6) is 1.50. The van der Waals surface area contributed by atoms with Crippen molar-refractivity contribution in [2.24, 2.45) is 0 Å². The minimum absolute atomic E-state index is 0.0388. The Morgan fingerprint density at radius 3 is 2.94 bits per heavy atom. The summed E-state index contributed by atoms with van der Waals surface area (Å²) in [6.07, 6.45) is 0.0415. The number of H-pyrrole nitrogens is 1. The number of hydrogen-bond donors (Lipinski definition) is 3. The Kier molecular flexibility index (Phi) is 6.09. The number of nitrogens with zero attached hydrogens (tertiary/aromatic N) is 4. The molecule has 12 heteroatoms. The van der Waals surface area contributed by atoms with Crippen LogP contribution in [0.5, 0.6) is 0 Å². The van der Waals surface area contributed by atoms with Crippen LogP contribution in [0.4, 0.5) is 20.8 Å². The molecule has 34 heavy (non-hydrogen) atoms. The SMILES string of the molecule is COCc1cc2c(Nc3cc([C@H]4OC[C@@H](OC(=O)NC(C)C)[C@@H]4F)[nH]n3)nc(C3CC3)cn2n1. The third-order valence-electron chi connectivity index (χ3n) is 5.71. The number of alkyl halides is 1. The van der Waals surface area contributed by atoms with Crippen LogP contribution >= 0.6 is 0 Å². The number of aromatic amines is 1. The molecule has 3 aromatic heterocycles. The van der Waals surface area contributed by atoms with E-state index in [-0.39, 0.29) is 12.6 Å². The van der Waals surface area contributed by atoms with Crippen LogP contribution < -0.4 is 10.6 Å². The van der Waals surface area contributed by atoms with Crippen LogP contribution in [0.25, 0.3) is 5.52 Å².